The molecule has 3 nitrogen and oxygen atoms in total. The lowest BCUT2D eigenvalue weighted by Crippen LogP contribution is -2.42. The fourth-order valence-electron chi connectivity index (χ4n) is 1.65. The van der Waals surface area contributed by atoms with Gasteiger partial charge in [-0.3, -0.25) is 0 Å². The maximum atomic E-state index is 6.25. The molecule has 0 spiro atoms. The number of thiazole rings is 1. The third-order valence-electron chi connectivity index (χ3n) is 3.31. The van der Waals surface area contributed by atoms with Crippen molar-refractivity contribution < 1.29 is 4.74 Å². The van der Waals surface area contributed by atoms with E-state index in [9.17, 15) is 0 Å². The van der Waals surface area contributed by atoms with Gasteiger partial charge in [0.15, 0.2) is 0 Å². The van der Waals surface area contributed by atoms with Gasteiger partial charge in [-0.2, -0.15) is 0 Å². The van der Waals surface area contributed by atoms with E-state index in [0.29, 0.717) is 0 Å². The maximum Gasteiger partial charge on any atom is 0.273 e. The van der Waals surface area contributed by atoms with Crippen molar-refractivity contribution in [1.82, 2.24) is 4.98 Å². The third-order valence-corrected chi connectivity index (χ3v) is 4.59. The van der Waals surface area contributed by atoms with Crippen molar-refractivity contribution >= 4 is 11.3 Å². The topological polar surface area (TPSA) is 48.1 Å². The van der Waals surface area contributed by atoms with E-state index in [1.54, 1.807) is 18.4 Å². The Balaban J connectivity index is 2.29. The highest BCUT2D eigenvalue weighted by atomic mass is 32.1. The zero-order chi connectivity index (χ0) is 10.4. The minimum atomic E-state index is -0.0233. The second-order valence-corrected chi connectivity index (χ2v) is 5.47. The van der Waals surface area contributed by atoms with Crippen LogP contribution >= 0.6 is 11.3 Å². The van der Waals surface area contributed by atoms with Crippen LogP contribution in [-0.4, -0.2) is 17.6 Å². The van der Waals surface area contributed by atoms with E-state index < -0.39 is 0 Å². The second-order valence-electron chi connectivity index (χ2n) is 4.48. The number of aromatic nitrogens is 1. The summed E-state index contributed by atoms with van der Waals surface area (Å²) < 4.78 is 5.09. The molecule has 1 aliphatic rings. The molecular formula is C10H16N2OS. The molecule has 0 unspecified atom stereocenters. The highest BCUT2D eigenvalue weighted by Gasteiger charge is 2.52. The highest BCUT2D eigenvalue weighted by Crippen LogP contribution is 2.50. The number of nitrogens with zero attached hydrogens (tertiary/aromatic N) is 1. The van der Waals surface area contributed by atoms with Crippen molar-refractivity contribution in [2.45, 2.75) is 37.6 Å². The Kier molecular flexibility index (Phi) is 2.08. The Bertz CT molecular complexity index is 342. The molecule has 1 heterocycles. The molecule has 0 radical (unpaired) electrons. The Morgan fingerprint density at radius 1 is 1.57 bits per heavy atom. The van der Waals surface area contributed by atoms with E-state index >= 15 is 0 Å². The largest absolute Gasteiger partial charge is 0.473 e. The van der Waals surface area contributed by atoms with Gasteiger partial charge in [0.25, 0.3) is 5.19 Å². The Hall–Kier alpha value is -0.610. The van der Waals surface area contributed by atoms with Gasteiger partial charge in [0.2, 0.25) is 0 Å². The van der Waals surface area contributed by atoms with E-state index in [4.69, 9.17) is 10.5 Å². The smallest absolute Gasteiger partial charge is 0.273 e. The zero-order valence-electron chi connectivity index (χ0n) is 8.83. The molecule has 0 aliphatic heterocycles. The van der Waals surface area contributed by atoms with Crippen LogP contribution in [-0.2, 0) is 5.41 Å². The Morgan fingerprint density at radius 2 is 2.21 bits per heavy atom. The van der Waals surface area contributed by atoms with E-state index in [0.717, 1.165) is 18.0 Å². The maximum absolute atomic E-state index is 6.25. The molecule has 2 N–H and O–H groups in total. The minimum absolute atomic E-state index is 0.0153. The molecule has 78 valence electrons. The van der Waals surface area contributed by atoms with Gasteiger partial charge in [0, 0.05) is 22.0 Å². The Morgan fingerprint density at radius 3 is 2.64 bits per heavy atom. The standard InChI is InChI=1S/C10H16N2OS/c1-9(2,10(11)4-5-10)7-6-12-8(13-3)14-7/h6H,4-5,11H2,1-3H3. The van der Waals surface area contributed by atoms with Gasteiger partial charge in [-0.25, -0.2) is 4.98 Å². The van der Waals surface area contributed by atoms with E-state index in [1.807, 2.05) is 6.20 Å². The van der Waals surface area contributed by atoms with Gasteiger partial charge in [0.05, 0.1) is 7.11 Å². The quantitative estimate of drug-likeness (QED) is 0.832. The molecule has 0 amide bonds. The van der Waals surface area contributed by atoms with Crippen LogP contribution in [0.1, 0.15) is 31.6 Å². The molecule has 0 atom stereocenters. The van der Waals surface area contributed by atoms with Gasteiger partial charge in [-0.05, 0) is 12.8 Å². The van der Waals surface area contributed by atoms with Crippen LogP contribution in [0.2, 0.25) is 0 Å². The molecule has 0 bridgehead atoms. The fraction of sp³-hybridized carbons (Fsp3) is 0.700. The van der Waals surface area contributed by atoms with Crippen LogP contribution in [0.3, 0.4) is 0 Å². The first kappa shape index (κ1) is 9.93. The Labute approximate surface area is 88.3 Å². The number of nitrogens with two attached hydrogens (primary N) is 1. The highest BCUT2D eigenvalue weighted by molar-refractivity contribution is 7.13. The zero-order valence-corrected chi connectivity index (χ0v) is 9.65. The van der Waals surface area contributed by atoms with Crippen LogP contribution in [0.15, 0.2) is 6.20 Å². The molecule has 4 heteroatoms. The van der Waals surface area contributed by atoms with Crippen LogP contribution in [0.5, 0.6) is 5.19 Å². The first-order valence-corrected chi connectivity index (χ1v) is 5.60. The monoisotopic (exact) mass is 212 g/mol. The normalized spacial score (nSPS) is 19.4. The summed E-state index contributed by atoms with van der Waals surface area (Å²) >= 11 is 1.59. The molecule has 1 fully saturated rings. The summed E-state index contributed by atoms with van der Waals surface area (Å²) in [6.45, 7) is 4.37. The van der Waals surface area contributed by atoms with E-state index in [1.165, 1.54) is 4.88 Å². The number of hydrogen-bond acceptors (Lipinski definition) is 4. The molecule has 2 rings (SSSR count). The molecule has 1 aromatic rings. The van der Waals surface area contributed by atoms with Crippen LogP contribution < -0.4 is 10.5 Å². The molecule has 0 aromatic carbocycles. The molecule has 1 saturated carbocycles. The van der Waals surface area contributed by atoms with Gasteiger partial charge in [-0.15, -0.1) is 0 Å². The molecular weight excluding hydrogens is 196 g/mol. The first-order chi connectivity index (χ1) is 6.49. The lowest BCUT2D eigenvalue weighted by Gasteiger charge is -2.30. The first-order valence-electron chi connectivity index (χ1n) is 4.79. The number of rotatable bonds is 3. The SMILES string of the molecule is COc1ncc(C(C)(C)C2(N)CC2)s1. The summed E-state index contributed by atoms with van der Waals surface area (Å²) in [7, 11) is 1.64. The summed E-state index contributed by atoms with van der Waals surface area (Å²) in [5.41, 5.74) is 6.24. The molecule has 1 aliphatic carbocycles. The van der Waals surface area contributed by atoms with Gasteiger partial charge in [0.1, 0.15) is 0 Å². The summed E-state index contributed by atoms with van der Waals surface area (Å²) in [6.07, 6.45) is 4.11. The summed E-state index contributed by atoms with van der Waals surface area (Å²) in [4.78, 5) is 5.40. The van der Waals surface area contributed by atoms with Gasteiger partial charge >= 0.3 is 0 Å². The van der Waals surface area contributed by atoms with Crippen molar-refractivity contribution in [2.75, 3.05) is 7.11 Å². The lowest BCUT2D eigenvalue weighted by molar-refractivity contribution is 0.398. The van der Waals surface area contributed by atoms with Crippen molar-refractivity contribution in [3.63, 3.8) is 0 Å². The number of ether oxygens (including phenoxy) is 1. The average Bonchev–Trinajstić information content (AvgIpc) is 2.73. The van der Waals surface area contributed by atoms with Crippen molar-refractivity contribution in [2.24, 2.45) is 5.73 Å². The average molecular weight is 212 g/mol. The fourth-order valence-corrected chi connectivity index (χ4v) is 2.59. The molecule has 0 saturated heterocycles. The lowest BCUT2D eigenvalue weighted by atomic mass is 9.81. The van der Waals surface area contributed by atoms with E-state index in [2.05, 4.69) is 18.8 Å². The number of hydrogen-bond donors (Lipinski definition) is 1. The predicted molar refractivity (Wildman–Crippen MR) is 57.8 cm³/mol. The van der Waals surface area contributed by atoms with Crippen molar-refractivity contribution in [3.8, 4) is 5.19 Å². The minimum Gasteiger partial charge on any atom is -0.473 e. The predicted octanol–water partition coefficient (Wildman–Crippen LogP) is 1.92. The van der Waals surface area contributed by atoms with Crippen molar-refractivity contribution in [3.05, 3.63) is 11.1 Å². The number of methoxy groups -OCH3 is 1. The van der Waals surface area contributed by atoms with Crippen LogP contribution in [0.4, 0.5) is 0 Å². The van der Waals surface area contributed by atoms with Crippen LogP contribution in [0.25, 0.3) is 0 Å². The summed E-state index contributed by atoms with van der Waals surface area (Å²) in [6, 6.07) is 0. The second kappa shape index (κ2) is 2.94. The summed E-state index contributed by atoms with van der Waals surface area (Å²) in [5, 5.41) is 0.720. The van der Waals surface area contributed by atoms with Gasteiger partial charge in [-0.1, -0.05) is 25.2 Å². The van der Waals surface area contributed by atoms with Gasteiger partial charge < -0.3 is 10.5 Å². The van der Waals surface area contributed by atoms with Crippen molar-refractivity contribution in [1.29, 1.82) is 0 Å². The third kappa shape index (κ3) is 1.33. The summed E-state index contributed by atoms with van der Waals surface area (Å²) in [5.74, 6) is 0. The molecule has 1 aromatic heterocycles. The van der Waals surface area contributed by atoms with E-state index in [-0.39, 0.29) is 11.0 Å². The molecule has 14 heavy (non-hydrogen) atoms. The van der Waals surface area contributed by atoms with Crippen LogP contribution in [0, 0.1) is 0 Å².